The molecule has 0 amide bonds. The monoisotopic (exact) mass is 445 g/mol. The van der Waals surface area contributed by atoms with Crippen LogP contribution in [0.3, 0.4) is 0 Å². The standard InChI is InChI=1S/C15H27NO8S3/c1-6-16(7-2)14(25)26-8-9(24-27(17,18)19)10-11(20-5)12-13(21-10)23-15(3,4)22-12/h9-13H,6-8H2,1-5H3,(H,17,18,19)/t9?,10-,11+,12-,13-/m1/s1. The van der Waals surface area contributed by atoms with Crippen molar-refractivity contribution >= 4 is 38.7 Å². The van der Waals surface area contributed by atoms with Crippen LogP contribution in [0.1, 0.15) is 27.7 Å². The van der Waals surface area contributed by atoms with Crippen LogP contribution in [-0.4, -0.2) is 84.6 Å². The Morgan fingerprint density at radius 2 is 1.96 bits per heavy atom. The molecule has 2 aliphatic heterocycles. The highest BCUT2D eigenvalue weighted by molar-refractivity contribution is 8.22. The molecule has 9 nitrogen and oxygen atoms in total. The van der Waals surface area contributed by atoms with Crippen molar-refractivity contribution in [2.75, 3.05) is 26.0 Å². The van der Waals surface area contributed by atoms with E-state index in [2.05, 4.69) is 0 Å². The smallest absolute Gasteiger partial charge is 0.376 e. The van der Waals surface area contributed by atoms with E-state index in [1.165, 1.54) is 18.9 Å². The average Bonchev–Trinajstić information content (AvgIpc) is 3.02. The lowest BCUT2D eigenvalue weighted by atomic mass is 10.1. The number of methoxy groups -OCH3 is 1. The predicted octanol–water partition coefficient (Wildman–Crippen LogP) is 1.43. The van der Waals surface area contributed by atoms with Crippen LogP contribution in [0.4, 0.5) is 0 Å². The molecular formula is C15H27NO8S3. The molecule has 0 aromatic heterocycles. The molecule has 2 fully saturated rings. The van der Waals surface area contributed by atoms with E-state index >= 15 is 0 Å². The molecule has 27 heavy (non-hydrogen) atoms. The van der Waals surface area contributed by atoms with E-state index in [0.717, 1.165) is 13.1 Å². The van der Waals surface area contributed by atoms with Gasteiger partial charge in [0.2, 0.25) is 0 Å². The van der Waals surface area contributed by atoms with E-state index in [1.807, 2.05) is 18.7 Å². The Bertz CT molecular complexity index is 625. The fraction of sp³-hybridized carbons (Fsp3) is 0.933. The normalized spacial score (nSPS) is 30.9. The van der Waals surface area contributed by atoms with Crippen LogP contribution in [0.5, 0.6) is 0 Å². The number of rotatable bonds is 8. The first-order valence-corrected chi connectivity index (χ1v) is 11.4. The van der Waals surface area contributed by atoms with Crippen LogP contribution < -0.4 is 0 Å². The Morgan fingerprint density at radius 1 is 1.33 bits per heavy atom. The van der Waals surface area contributed by atoms with E-state index < -0.39 is 46.9 Å². The Kier molecular flexibility index (Phi) is 7.90. The van der Waals surface area contributed by atoms with E-state index in [9.17, 15) is 13.0 Å². The van der Waals surface area contributed by atoms with Gasteiger partial charge in [-0.1, -0.05) is 24.0 Å². The van der Waals surface area contributed by atoms with Crippen LogP contribution in [0.2, 0.25) is 0 Å². The van der Waals surface area contributed by atoms with E-state index in [0.29, 0.717) is 4.32 Å². The maximum absolute atomic E-state index is 11.4. The third-order valence-electron chi connectivity index (χ3n) is 4.30. The summed E-state index contributed by atoms with van der Waals surface area (Å²) in [6.07, 6.45) is -3.75. The molecule has 0 saturated carbocycles. The Labute approximate surface area is 169 Å². The van der Waals surface area contributed by atoms with Crippen LogP contribution in [0.15, 0.2) is 0 Å². The molecule has 0 aliphatic carbocycles. The largest absolute Gasteiger partial charge is 0.397 e. The van der Waals surface area contributed by atoms with Crippen LogP contribution in [0, 0.1) is 0 Å². The summed E-state index contributed by atoms with van der Waals surface area (Å²) >= 11 is 6.63. The summed E-state index contributed by atoms with van der Waals surface area (Å²) in [5, 5.41) is 0. The first kappa shape index (κ1) is 23.2. The molecule has 0 radical (unpaired) electrons. The molecule has 5 atom stereocenters. The number of thiocarbonyl (C=S) groups is 1. The summed E-state index contributed by atoms with van der Waals surface area (Å²) in [7, 11) is -3.24. The molecule has 0 bridgehead atoms. The molecule has 2 heterocycles. The van der Waals surface area contributed by atoms with Gasteiger partial charge in [0.1, 0.15) is 28.7 Å². The molecule has 1 unspecified atom stereocenters. The zero-order valence-electron chi connectivity index (χ0n) is 16.0. The summed E-state index contributed by atoms with van der Waals surface area (Å²) in [6, 6.07) is 0. The molecule has 0 aromatic carbocycles. The van der Waals surface area contributed by atoms with Crippen molar-refractivity contribution < 1.29 is 36.1 Å². The Balaban J connectivity index is 2.13. The number of hydrogen-bond donors (Lipinski definition) is 1. The summed E-state index contributed by atoms with van der Waals surface area (Å²) in [5.74, 6) is -0.696. The quantitative estimate of drug-likeness (QED) is 0.433. The number of nitrogens with zero attached hydrogens (tertiary/aromatic N) is 1. The molecule has 2 saturated heterocycles. The summed E-state index contributed by atoms with van der Waals surface area (Å²) in [6.45, 7) is 8.91. The molecule has 1 N–H and O–H groups in total. The van der Waals surface area contributed by atoms with Crippen LogP contribution >= 0.6 is 24.0 Å². The van der Waals surface area contributed by atoms with Gasteiger partial charge in [0.25, 0.3) is 0 Å². The fourth-order valence-corrected chi connectivity index (χ4v) is 5.18. The zero-order valence-corrected chi connectivity index (χ0v) is 18.4. The van der Waals surface area contributed by atoms with Gasteiger partial charge in [-0.3, -0.25) is 4.55 Å². The van der Waals surface area contributed by atoms with Gasteiger partial charge < -0.3 is 23.8 Å². The van der Waals surface area contributed by atoms with Crippen molar-refractivity contribution in [3.63, 3.8) is 0 Å². The summed E-state index contributed by atoms with van der Waals surface area (Å²) < 4.78 is 60.2. The first-order chi connectivity index (χ1) is 12.5. The molecule has 0 aromatic rings. The lowest BCUT2D eigenvalue weighted by Crippen LogP contribution is -2.45. The second-order valence-corrected chi connectivity index (χ2v) is 9.28. The van der Waals surface area contributed by atoms with Crippen LogP contribution in [-0.2, 0) is 33.5 Å². The highest BCUT2D eigenvalue weighted by atomic mass is 32.3. The first-order valence-electron chi connectivity index (χ1n) is 8.62. The minimum Gasteiger partial charge on any atom is -0.376 e. The van der Waals surface area contributed by atoms with Gasteiger partial charge in [-0.2, -0.15) is 8.42 Å². The van der Waals surface area contributed by atoms with E-state index in [4.69, 9.17) is 35.3 Å². The molecule has 2 rings (SSSR count). The van der Waals surface area contributed by atoms with Gasteiger partial charge in [0.05, 0.1) is 0 Å². The van der Waals surface area contributed by atoms with Crippen molar-refractivity contribution in [2.45, 2.75) is 64.2 Å². The number of hydrogen-bond acceptors (Lipinski definition) is 9. The second-order valence-electron chi connectivity index (χ2n) is 6.58. The topological polar surface area (TPSA) is 104 Å². The molecular weight excluding hydrogens is 418 g/mol. The van der Waals surface area contributed by atoms with Crippen molar-refractivity contribution in [3.05, 3.63) is 0 Å². The molecule has 0 spiro atoms. The lowest BCUT2D eigenvalue weighted by molar-refractivity contribution is -0.224. The Hall–Kier alpha value is -0.0500. The summed E-state index contributed by atoms with van der Waals surface area (Å²) in [5.41, 5.74) is 0. The van der Waals surface area contributed by atoms with E-state index in [-0.39, 0.29) is 5.75 Å². The highest BCUT2D eigenvalue weighted by Crippen LogP contribution is 2.40. The zero-order chi connectivity index (χ0) is 20.4. The van der Waals surface area contributed by atoms with Gasteiger partial charge in [-0.05, 0) is 27.7 Å². The second kappa shape index (κ2) is 9.18. The maximum Gasteiger partial charge on any atom is 0.397 e. The third-order valence-corrected chi connectivity index (χ3v) is 6.41. The third kappa shape index (κ3) is 5.97. The van der Waals surface area contributed by atoms with Crippen molar-refractivity contribution in [1.82, 2.24) is 4.90 Å². The van der Waals surface area contributed by atoms with Crippen molar-refractivity contribution in [2.24, 2.45) is 0 Å². The average molecular weight is 446 g/mol. The number of thioether (sulfide) groups is 1. The van der Waals surface area contributed by atoms with E-state index in [1.54, 1.807) is 13.8 Å². The Morgan fingerprint density at radius 3 is 2.48 bits per heavy atom. The van der Waals surface area contributed by atoms with Crippen molar-refractivity contribution in [3.8, 4) is 0 Å². The number of ether oxygens (including phenoxy) is 4. The van der Waals surface area contributed by atoms with Gasteiger partial charge in [-0.25, -0.2) is 4.18 Å². The van der Waals surface area contributed by atoms with Gasteiger partial charge >= 0.3 is 10.4 Å². The van der Waals surface area contributed by atoms with Crippen molar-refractivity contribution in [1.29, 1.82) is 0 Å². The predicted molar refractivity (Wildman–Crippen MR) is 104 cm³/mol. The minimum absolute atomic E-state index is 0.141. The lowest BCUT2D eigenvalue weighted by Gasteiger charge is -2.29. The highest BCUT2D eigenvalue weighted by Gasteiger charge is 2.57. The molecule has 158 valence electrons. The van der Waals surface area contributed by atoms with Gasteiger partial charge in [0, 0.05) is 26.0 Å². The fourth-order valence-electron chi connectivity index (χ4n) is 3.13. The maximum atomic E-state index is 11.4. The number of fused-ring (bicyclic) bond motifs is 1. The SMILES string of the molecule is CCN(CC)C(=S)SCC(OS(=O)(=O)O)[C@H]1O[C@@H]2OC(C)(C)O[C@@H]2[C@H]1OC. The summed E-state index contributed by atoms with van der Waals surface area (Å²) in [4.78, 5) is 1.96. The molecule has 2 aliphatic rings. The minimum atomic E-state index is -4.71. The molecule has 12 heteroatoms. The van der Waals surface area contributed by atoms with Crippen LogP contribution in [0.25, 0.3) is 0 Å². The van der Waals surface area contributed by atoms with Gasteiger partial charge in [0.15, 0.2) is 12.1 Å². The van der Waals surface area contributed by atoms with Gasteiger partial charge in [-0.15, -0.1) is 0 Å².